The minimum Gasteiger partial charge on any atom is -0.497 e. The molecular formula is C19H21NO7. The predicted molar refractivity (Wildman–Crippen MR) is 98.0 cm³/mol. The van der Waals surface area contributed by atoms with Crippen LogP contribution >= 0.6 is 0 Å². The van der Waals surface area contributed by atoms with Gasteiger partial charge >= 0.3 is 5.97 Å². The molecular weight excluding hydrogens is 354 g/mol. The molecule has 2 aromatic carbocycles. The van der Waals surface area contributed by atoms with E-state index in [1.165, 1.54) is 33.5 Å². The van der Waals surface area contributed by atoms with E-state index in [-0.39, 0.29) is 5.56 Å². The minimum absolute atomic E-state index is 0.168. The fraction of sp³-hybridized carbons (Fsp3) is 0.263. The third kappa shape index (κ3) is 5.04. The van der Waals surface area contributed by atoms with Crippen LogP contribution in [0.5, 0.6) is 23.0 Å². The number of nitrogens with one attached hydrogen (secondary N) is 1. The Hall–Kier alpha value is -3.42. The number of amides is 1. The van der Waals surface area contributed by atoms with E-state index in [0.29, 0.717) is 28.7 Å². The molecule has 144 valence electrons. The number of esters is 1. The van der Waals surface area contributed by atoms with Crippen molar-refractivity contribution >= 4 is 17.6 Å². The zero-order valence-electron chi connectivity index (χ0n) is 15.5. The van der Waals surface area contributed by atoms with Gasteiger partial charge in [0.2, 0.25) is 5.75 Å². The first-order chi connectivity index (χ1) is 13.0. The normalized spacial score (nSPS) is 9.93. The van der Waals surface area contributed by atoms with Crippen LogP contribution in [0.3, 0.4) is 0 Å². The number of carbonyl (C=O) groups is 2. The van der Waals surface area contributed by atoms with Crippen LogP contribution in [0.15, 0.2) is 36.4 Å². The van der Waals surface area contributed by atoms with E-state index in [4.69, 9.17) is 23.7 Å². The number of methoxy groups -OCH3 is 4. The number of carbonyl (C=O) groups excluding carboxylic acids is 2. The van der Waals surface area contributed by atoms with Crippen molar-refractivity contribution in [3.05, 3.63) is 42.0 Å². The molecule has 0 bridgehead atoms. The first-order valence-corrected chi connectivity index (χ1v) is 7.93. The molecule has 0 spiro atoms. The maximum absolute atomic E-state index is 12.3. The molecule has 27 heavy (non-hydrogen) atoms. The van der Waals surface area contributed by atoms with Gasteiger partial charge in [0.05, 0.1) is 34.0 Å². The summed E-state index contributed by atoms with van der Waals surface area (Å²) in [7, 11) is 5.89. The van der Waals surface area contributed by atoms with E-state index in [2.05, 4.69) is 5.32 Å². The number of anilines is 1. The molecule has 1 amide bonds. The highest BCUT2D eigenvalue weighted by molar-refractivity contribution is 5.96. The molecule has 0 aliphatic rings. The maximum Gasteiger partial charge on any atom is 0.338 e. The molecule has 8 heteroatoms. The molecule has 0 unspecified atom stereocenters. The van der Waals surface area contributed by atoms with Crippen LogP contribution in [0.1, 0.15) is 10.4 Å². The second-order valence-electron chi connectivity index (χ2n) is 5.27. The Morgan fingerprint density at radius 1 is 0.852 bits per heavy atom. The quantitative estimate of drug-likeness (QED) is 0.709. The van der Waals surface area contributed by atoms with Crippen molar-refractivity contribution < 1.29 is 33.3 Å². The largest absolute Gasteiger partial charge is 0.497 e. The van der Waals surface area contributed by atoms with Gasteiger partial charge in [0.15, 0.2) is 18.1 Å². The lowest BCUT2D eigenvalue weighted by molar-refractivity contribution is -0.119. The molecule has 2 aromatic rings. The molecule has 0 fully saturated rings. The van der Waals surface area contributed by atoms with E-state index in [9.17, 15) is 9.59 Å². The van der Waals surface area contributed by atoms with Gasteiger partial charge in [-0.1, -0.05) is 0 Å². The van der Waals surface area contributed by atoms with Gasteiger partial charge in [-0.05, 0) is 36.4 Å². The molecule has 0 heterocycles. The highest BCUT2D eigenvalue weighted by Gasteiger charge is 2.18. The van der Waals surface area contributed by atoms with Gasteiger partial charge < -0.3 is 29.0 Å². The molecule has 0 saturated carbocycles. The fourth-order valence-corrected chi connectivity index (χ4v) is 2.28. The molecule has 1 N–H and O–H groups in total. The van der Waals surface area contributed by atoms with Gasteiger partial charge in [0.1, 0.15) is 5.75 Å². The van der Waals surface area contributed by atoms with Crippen molar-refractivity contribution in [2.24, 2.45) is 0 Å². The fourth-order valence-electron chi connectivity index (χ4n) is 2.28. The third-order valence-corrected chi connectivity index (χ3v) is 3.61. The van der Waals surface area contributed by atoms with Gasteiger partial charge in [-0.15, -0.1) is 0 Å². The molecule has 8 nitrogen and oxygen atoms in total. The average Bonchev–Trinajstić information content (AvgIpc) is 2.71. The summed E-state index contributed by atoms with van der Waals surface area (Å²) in [6.07, 6.45) is 0. The second-order valence-corrected chi connectivity index (χ2v) is 5.27. The van der Waals surface area contributed by atoms with Crippen molar-refractivity contribution in [2.75, 3.05) is 40.4 Å². The number of rotatable bonds is 8. The predicted octanol–water partition coefficient (Wildman–Crippen LogP) is 2.52. The standard InChI is InChI=1S/C19H21NO7/c1-23-14-7-5-13(6-8-14)20-17(21)11-27-19(22)12-9-15(24-2)18(26-4)16(10-12)25-3/h5-10H,11H2,1-4H3,(H,20,21). The summed E-state index contributed by atoms with van der Waals surface area (Å²) < 4.78 is 25.7. The first-order valence-electron chi connectivity index (χ1n) is 7.93. The van der Waals surface area contributed by atoms with Crippen LogP contribution in [0.2, 0.25) is 0 Å². The third-order valence-electron chi connectivity index (χ3n) is 3.61. The summed E-state index contributed by atoms with van der Waals surface area (Å²) in [5.41, 5.74) is 0.728. The van der Waals surface area contributed by atoms with Crippen LogP contribution in [-0.2, 0) is 9.53 Å². The SMILES string of the molecule is COc1ccc(NC(=O)COC(=O)c2cc(OC)c(OC)c(OC)c2)cc1. The monoisotopic (exact) mass is 375 g/mol. The maximum atomic E-state index is 12.3. The van der Waals surface area contributed by atoms with Gasteiger partial charge in [-0.25, -0.2) is 4.79 Å². The molecule has 0 aliphatic carbocycles. The summed E-state index contributed by atoms with van der Waals surface area (Å²) >= 11 is 0. The van der Waals surface area contributed by atoms with E-state index in [1.807, 2.05) is 0 Å². The topological polar surface area (TPSA) is 92.3 Å². The molecule has 0 radical (unpaired) electrons. The summed E-state index contributed by atoms with van der Waals surface area (Å²) in [5.74, 6) is 0.480. The Morgan fingerprint density at radius 3 is 1.93 bits per heavy atom. The highest BCUT2D eigenvalue weighted by Crippen LogP contribution is 2.38. The lowest BCUT2D eigenvalue weighted by Gasteiger charge is -2.13. The van der Waals surface area contributed by atoms with Crippen LogP contribution in [0.4, 0.5) is 5.69 Å². The lowest BCUT2D eigenvalue weighted by atomic mass is 10.2. The van der Waals surface area contributed by atoms with E-state index in [0.717, 1.165) is 0 Å². The zero-order valence-corrected chi connectivity index (χ0v) is 15.5. The Labute approximate surface area is 156 Å². The van der Waals surface area contributed by atoms with Gasteiger partial charge in [0.25, 0.3) is 5.91 Å². The smallest absolute Gasteiger partial charge is 0.338 e. The minimum atomic E-state index is -0.695. The summed E-state index contributed by atoms with van der Waals surface area (Å²) in [5, 5.41) is 2.62. The Balaban J connectivity index is 2.01. The van der Waals surface area contributed by atoms with Gasteiger partial charge in [0, 0.05) is 5.69 Å². The molecule has 0 atom stereocenters. The highest BCUT2D eigenvalue weighted by atomic mass is 16.5. The number of hydrogen-bond donors (Lipinski definition) is 1. The zero-order chi connectivity index (χ0) is 19.8. The lowest BCUT2D eigenvalue weighted by Crippen LogP contribution is -2.21. The Kier molecular flexibility index (Phi) is 6.87. The van der Waals surface area contributed by atoms with Crippen molar-refractivity contribution in [2.45, 2.75) is 0 Å². The molecule has 2 rings (SSSR count). The van der Waals surface area contributed by atoms with Crippen molar-refractivity contribution in [3.8, 4) is 23.0 Å². The van der Waals surface area contributed by atoms with Gasteiger partial charge in [-0.2, -0.15) is 0 Å². The second kappa shape index (κ2) is 9.33. The first kappa shape index (κ1) is 19.9. The van der Waals surface area contributed by atoms with Crippen molar-refractivity contribution in [1.82, 2.24) is 0 Å². The Morgan fingerprint density at radius 2 is 1.44 bits per heavy atom. The van der Waals surface area contributed by atoms with Crippen molar-refractivity contribution in [3.63, 3.8) is 0 Å². The van der Waals surface area contributed by atoms with Crippen LogP contribution in [0.25, 0.3) is 0 Å². The van der Waals surface area contributed by atoms with E-state index < -0.39 is 18.5 Å². The number of ether oxygens (including phenoxy) is 5. The number of benzene rings is 2. The summed E-state index contributed by atoms with van der Waals surface area (Å²) in [6, 6.07) is 9.67. The van der Waals surface area contributed by atoms with Crippen molar-refractivity contribution in [1.29, 1.82) is 0 Å². The van der Waals surface area contributed by atoms with E-state index in [1.54, 1.807) is 31.4 Å². The van der Waals surface area contributed by atoms with Gasteiger partial charge in [-0.3, -0.25) is 4.79 Å². The summed E-state index contributed by atoms with van der Waals surface area (Å²) in [6.45, 7) is -0.443. The van der Waals surface area contributed by atoms with Crippen LogP contribution < -0.4 is 24.3 Å². The Bertz CT molecular complexity index is 777. The molecule has 0 aromatic heterocycles. The number of hydrogen-bond acceptors (Lipinski definition) is 7. The molecule has 0 aliphatic heterocycles. The summed E-state index contributed by atoms with van der Waals surface area (Å²) in [4.78, 5) is 24.2. The van der Waals surface area contributed by atoms with Crippen LogP contribution in [-0.4, -0.2) is 46.9 Å². The average molecular weight is 375 g/mol. The molecule has 0 saturated heterocycles. The van der Waals surface area contributed by atoms with Crippen LogP contribution in [0, 0.1) is 0 Å². The van der Waals surface area contributed by atoms with E-state index >= 15 is 0 Å².